The van der Waals surface area contributed by atoms with Crippen molar-refractivity contribution in [2.24, 2.45) is 0 Å². The summed E-state index contributed by atoms with van der Waals surface area (Å²) in [5, 5.41) is 14.7. The lowest BCUT2D eigenvalue weighted by Gasteiger charge is -2.42. The number of anilines is 1. The van der Waals surface area contributed by atoms with Gasteiger partial charge in [-0.05, 0) is 23.0 Å². The molecule has 4 radical (unpaired) electrons. The van der Waals surface area contributed by atoms with Crippen LogP contribution in [-0.2, 0) is 32.8 Å². The second kappa shape index (κ2) is 9.59. The molecule has 0 bridgehead atoms. The molecule has 2 aromatic carbocycles. The van der Waals surface area contributed by atoms with Crippen molar-refractivity contribution >= 4 is 39.1 Å². The summed E-state index contributed by atoms with van der Waals surface area (Å²) in [6.45, 7) is 1.90. The van der Waals surface area contributed by atoms with Gasteiger partial charge in [0.25, 0.3) is 11.8 Å². The monoisotopic (exact) mass is 502 g/mol. The Morgan fingerprint density at radius 1 is 1.14 bits per heavy atom. The first kappa shape index (κ1) is 25.4. The quantitative estimate of drug-likeness (QED) is 0.385. The number of ether oxygens (including phenoxy) is 1. The van der Waals surface area contributed by atoms with Gasteiger partial charge in [0.05, 0.1) is 35.5 Å². The van der Waals surface area contributed by atoms with E-state index in [1.54, 1.807) is 41.3 Å². The summed E-state index contributed by atoms with van der Waals surface area (Å²) in [4.78, 5) is 39.9. The number of fused-ring (bicyclic) bond motifs is 1. The fourth-order valence-electron chi connectivity index (χ4n) is 5.07. The molecule has 2 fully saturated rings. The van der Waals surface area contributed by atoms with Crippen LogP contribution in [0.3, 0.4) is 0 Å². The molecule has 188 valence electrons. The molecule has 3 amide bonds. The number of benzene rings is 2. The van der Waals surface area contributed by atoms with Gasteiger partial charge in [-0.15, -0.1) is 0 Å². The van der Waals surface area contributed by atoms with E-state index in [0.717, 1.165) is 4.90 Å². The van der Waals surface area contributed by atoms with E-state index < -0.39 is 34.6 Å². The maximum atomic E-state index is 15.6. The molecule has 9 nitrogen and oxygen atoms in total. The number of nitrogens with zero attached hydrogens (tertiary/aromatic N) is 2. The van der Waals surface area contributed by atoms with Crippen LogP contribution in [0.15, 0.2) is 36.4 Å². The maximum absolute atomic E-state index is 15.6. The predicted octanol–water partition coefficient (Wildman–Crippen LogP) is 0.298. The number of rotatable bonds is 6. The summed E-state index contributed by atoms with van der Waals surface area (Å²) in [6.07, 6.45) is -0.279. The maximum Gasteiger partial charge on any atom is 0.279 e. The Labute approximate surface area is 216 Å². The number of hydrogen-bond donors (Lipinski definition) is 3. The zero-order valence-electron chi connectivity index (χ0n) is 20.1. The lowest BCUT2D eigenvalue weighted by Crippen LogP contribution is -2.63. The molecule has 2 saturated heterocycles. The summed E-state index contributed by atoms with van der Waals surface area (Å²) in [5.74, 6) is -2.49. The van der Waals surface area contributed by atoms with Crippen molar-refractivity contribution in [3.8, 4) is 0 Å². The Morgan fingerprint density at radius 2 is 1.86 bits per heavy atom. The third-order valence-electron chi connectivity index (χ3n) is 7.25. The van der Waals surface area contributed by atoms with Crippen LogP contribution in [-0.4, -0.2) is 80.3 Å². The predicted molar refractivity (Wildman–Crippen MR) is 133 cm³/mol. The molecule has 0 spiro atoms. The third kappa shape index (κ3) is 4.43. The number of nitrogens with one attached hydrogen (secondary N) is 2. The molecular weight excluding hydrogens is 477 g/mol. The summed E-state index contributed by atoms with van der Waals surface area (Å²) in [7, 11) is 12.7. The van der Waals surface area contributed by atoms with Crippen LogP contribution in [0.25, 0.3) is 0 Å². The first-order valence-electron chi connectivity index (χ1n) is 12.1. The van der Waals surface area contributed by atoms with Gasteiger partial charge in [-0.2, -0.15) is 0 Å². The van der Waals surface area contributed by atoms with Crippen LogP contribution in [0.5, 0.6) is 0 Å². The lowest BCUT2D eigenvalue weighted by atomic mass is 9.56. The van der Waals surface area contributed by atoms with Gasteiger partial charge in [0.15, 0.2) is 0 Å². The summed E-state index contributed by atoms with van der Waals surface area (Å²) in [6, 6.07) is 9.85. The van der Waals surface area contributed by atoms with Crippen molar-refractivity contribution in [1.82, 2.24) is 15.1 Å². The van der Waals surface area contributed by atoms with E-state index in [9.17, 15) is 19.5 Å². The van der Waals surface area contributed by atoms with Gasteiger partial charge in [0.2, 0.25) is 11.6 Å². The fourth-order valence-corrected chi connectivity index (χ4v) is 5.07. The van der Waals surface area contributed by atoms with Crippen LogP contribution in [0.1, 0.15) is 39.9 Å². The van der Waals surface area contributed by atoms with Crippen molar-refractivity contribution in [2.75, 3.05) is 31.6 Å². The summed E-state index contributed by atoms with van der Waals surface area (Å²) >= 11 is 0. The Bertz CT molecular complexity index is 1270. The average molecular weight is 502 g/mol. The van der Waals surface area contributed by atoms with Gasteiger partial charge < -0.3 is 20.1 Å². The second-order valence-corrected chi connectivity index (χ2v) is 9.47. The van der Waals surface area contributed by atoms with Crippen molar-refractivity contribution in [3.63, 3.8) is 0 Å². The minimum absolute atomic E-state index is 0.0519. The molecule has 0 aliphatic carbocycles. The van der Waals surface area contributed by atoms with E-state index in [4.69, 9.17) is 20.4 Å². The van der Waals surface area contributed by atoms with Gasteiger partial charge in [0, 0.05) is 54.9 Å². The number of piperidine rings is 1. The SMILES string of the molecule is [B]C([B])(c1cccc(CNc2cccc3c2CN(C2(O)CCC(=O)NC2=O)C3=O)c1F)N1CCOCC1. The molecule has 5 rings (SSSR count). The van der Waals surface area contributed by atoms with Crippen molar-refractivity contribution < 1.29 is 28.6 Å². The van der Waals surface area contributed by atoms with Crippen molar-refractivity contribution in [1.29, 1.82) is 0 Å². The van der Waals surface area contributed by atoms with Crippen LogP contribution in [0.2, 0.25) is 0 Å². The van der Waals surface area contributed by atoms with Crippen LogP contribution < -0.4 is 10.6 Å². The average Bonchev–Trinajstić information content (AvgIpc) is 3.24. The highest BCUT2D eigenvalue weighted by Gasteiger charge is 2.51. The first-order valence-corrected chi connectivity index (χ1v) is 12.1. The number of carbonyl (C=O) groups excluding carboxylic acids is 3. The number of aliphatic hydroxyl groups is 1. The van der Waals surface area contributed by atoms with E-state index in [1.165, 1.54) is 0 Å². The third-order valence-corrected chi connectivity index (χ3v) is 7.25. The van der Waals surface area contributed by atoms with Gasteiger partial charge >= 0.3 is 0 Å². The number of carbonyl (C=O) groups is 3. The highest BCUT2D eigenvalue weighted by Crippen LogP contribution is 2.36. The zero-order valence-corrected chi connectivity index (χ0v) is 20.1. The molecule has 3 N–H and O–H groups in total. The lowest BCUT2D eigenvalue weighted by molar-refractivity contribution is -0.167. The largest absolute Gasteiger partial charge is 0.381 e. The second-order valence-electron chi connectivity index (χ2n) is 9.47. The highest BCUT2D eigenvalue weighted by atomic mass is 19.1. The van der Waals surface area contributed by atoms with Crippen LogP contribution in [0.4, 0.5) is 10.1 Å². The normalized spacial score (nSPS) is 22.6. The van der Waals surface area contributed by atoms with E-state index in [2.05, 4.69) is 10.6 Å². The molecule has 37 heavy (non-hydrogen) atoms. The van der Waals surface area contributed by atoms with E-state index in [0.29, 0.717) is 48.7 Å². The zero-order chi connectivity index (χ0) is 26.4. The van der Waals surface area contributed by atoms with Gasteiger partial charge in [0.1, 0.15) is 5.82 Å². The van der Waals surface area contributed by atoms with E-state index in [-0.39, 0.29) is 31.5 Å². The molecule has 3 aliphatic rings. The van der Waals surface area contributed by atoms with Crippen LogP contribution >= 0.6 is 0 Å². The van der Waals surface area contributed by atoms with Gasteiger partial charge in [-0.25, -0.2) is 4.39 Å². The first-order chi connectivity index (χ1) is 17.6. The molecule has 2 aromatic rings. The highest BCUT2D eigenvalue weighted by molar-refractivity contribution is 6.39. The Kier molecular flexibility index (Phi) is 6.59. The molecular formula is C25H25B2FN4O5. The van der Waals surface area contributed by atoms with Gasteiger partial charge in [-0.1, -0.05) is 24.3 Å². The molecule has 12 heteroatoms. The molecule has 1 atom stereocenters. The Hall–Kier alpha value is -3.21. The van der Waals surface area contributed by atoms with E-state index in [1.807, 2.05) is 0 Å². The van der Waals surface area contributed by atoms with Crippen LogP contribution in [0, 0.1) is 5.82 Å². The number of morpholine rings is 1. The molecule has 1 unspecified atom stereocenters. The molecule has 0 aromatic heterocycles. The van der Waals surface area contributed by atoms with Gasteiger partial charge in [-0.3, -0.25) is 24.6 Å². The fraction of sp³-hybridized carbons (Fsp3) is 0.400. The topological polar surface area (TPSA) is 111 Å². The number of amides is 3. The summed E-state index contributed by atoms with van der Waals surface area (Å²) in [5.41, 5.74) is -0.224. The van der Waals surface area contributed by atoms with Crippen molar-refractivity contribution in [2.45, 2.75) is 37.0 Å². The van der Waals surface area contributed by atoms with E-state index >= 15 is 4.39 Å². The number of hydrogen-bond acceptors (Lipinski definition) is 7. The molecule has 3 aliphatic heterocycles. The standard InChI is InChI=1S/C25H25B2FN4O5/c26-25(27,31-9-11-37-12-10-31)18-5-1-3-15(21(18)28)13-29-19-6-2-4-16-17(19)14-32(22(16)34)24(36)8-7-20(33)30-23(24)35/h1-6,29,36H,7-14H2,(H,30,33,35). The molecule has 0 saturated carbocycles. The minimum atomic E-state index is -2.13. The summed E-state index contributed by atoms with van der Waals surface area (Å²) < 4.78 is 20.9. The van der Waals surface area contributed by atoms with Crippen molar-refractivity contribution in [3.05, 3.63) is 64.5 Å². The number of halogens is 1. The minimum Gasteiger partial charge on any atom is -0.381 e. The smallest absolute Gasteiger partial charge is 0.279 e. The number of imide groups is 1. The molecule has 3 heterocycles. The Morgan fingerprint density at radius 3 is 2.59 bits per heavy atom. The Balaban J connectivity index is 1.36.